The van der Waals surface area contributed by atoms with Crippen LogP contribution in [0.1, 0.15) is 31.1 Å². The van der Waals surface area contributed by atoms with Crippen LogP contribution < -0.4 is 4.90 Å². The topological polar surface area (TPSA) is 49.1 Å². The van der Waals surface area contributed by atoms with Crippen LogP contribution in [0.25, 0.3) is 0 Å². The highest BCUT2D eigenvalue weighted by Gasteiger charge is 2.40. The monoisotopic (exact) mass is 293 g/mol. The van der Waals surface area contributed by atoms with E-state index in [1.807, 2.05) is 30.3 Å². The molecule has 1 unspecified atom stereocenters. The van der Waals surface area contributed by atoms with Crippen LogP contribution in [0.2, 0.25) is 0 Å². The van der Waals surface area contributed by atoms with Crippen molar-refractivity contribution in [2.45, 2.75) is 25.5 Å². The Bertz CT molecular complexity index is 691. The zero-order valence-electron chi connectivity index (χ0n) is 12.9. The molecule has 1 aliphatic heterocycles. The number of hydrogen-bond donors (Lipinski definition) is 0. The fourth-order valence-corrected chi connectivity index (χ4v) is 3.10. The first kappa shape index (κ1) is 14.6. The normalized spacial score (nSPS) is 20.4. The van der Waals surface area contributed by atoms with Crippen molar-refractivity contribution >= 4 is 5.82 Å². The second kappa shape index (κ2) is 5.78. The molecule has 1 fully saturated rings. The predicted octanol–water partition coefficient (Wildman–Crippen LogP) is 3.31. The quantitative estimate of drug-likeness (QED) is 0.852. The lowest BCUT2D eigenvalue weighted by Crippen LogP contribution is -2.51. The number of benzene rings is 1. The average Bonchev–Trinajstić information content (AvgIpc) is 2.54. The number of rotatable bonds is 2. The van der Waals surface area contributed by atoms with Gasteiger partial charge in [0.15, 0.2) is 0 Å². The molecule has 0 saturated carbocycles. The van der Waals surface area contributed by atoms with Crippen LogP contribution in [0.15, 0.2) is 48.5 Å². The van der Waals surface area contributed by atoms with Crippen LogP contribution in [0.4, 0.5) is 5.82 Å². The number of anilines is 1. The van der Waals surface area contributed by atoms with Crippen molar-refractivity contribution < 1.29 is 4.74 Å². The standard InChI is InChI=1S/C18H19N3O/c1-18(2)17(14-7-4-3-5-8-14)21(11-12-22-18)16-10-6-9-15(13-19)20-16/h3-10,17H,11-12H2,1-2H3. The van der Waals surface area contributed by atoms with E-state index in [4.69, 9.17) is 10.00 Å². The largest absolute Gasteiger partial charge is 0.371 e. The molecule has 1 saturated heterocycles. The third-order valence-corrected chi connectivity index (χ3v) is 4.03. The number of nitriles is 1. The molecule has 0 aliphatic carbocycles. The predicted molar refractivity (Wildman–Crippen MR) is 85.5 cm³/mol. The molecular formula is C18H19N3O. The van der Waals surface area contributed by atoms with Gasteiger partial charge in [0.2, 0.25) is 0 Å². The van der Waals surface area contributed by atoms with Crippen LogP contribution in [-0.2, 0) is 4.74 Å². The summed E-state index contributed by atoms with van der Waals surface area (Å²) in [5.74, 6) is 0.823. The number of hydrogen-bond acceptors (Lipinski definition) is 4. The average molecular weight is 293 g/mol. The van der Waals surface area contributed by atoms with E-state index < -0.39 is 0 Å². The third kappa shape index (κ3) is 2.68. The molecule has 112 valence electrons. The molecule has 0 N–H and O–H groups in total. The third-order valence-electron chi connectivity index (χ3n) is 4.03. The first-order valence-electron chi connectivity index (χ1n) is 7.44. The Morgan fingerprint density at radius 2 is 1.95 bits per heavy atom. The van der Waals surface area contributed by atoms with Crippen molar-refractivity contribution in [3.63, 3.8) is 0 Å². The molecule has 0 amide bonds. The summed E-state index contributed by atoms with van der Waals surface area (Å²) in [4.78, 5) is 6.70. The lowest BCUT2D eigenvalue weighted by Gasteiger charge is -2.47. The summed E-state index contributed by atoms with van der Waals surface area (Å²) in [6.07, 6.45) is 0. The lowest BCUT2D eigenvalue weighted by molar-refractivity contribution is -0.0588. The summed E-state index contributed by atoms with van der Waals surface area (Å²) in [6.45, 7) is 5.61. The maximum atomic E-state index is 9.09. The molecule has 0 spiro atoms. The van der Waals surface area contributed by atoms with Gasteiger partial charge in [0.25, 0.3) is 0 Å². The fraction of sp³-hybridized carbons (Fsp3) is 0.333. The van der Waals surface area contributed by atoms with Crippen LogP contribution in [0.3, 0.4) is 0 Å². The molecule has 1 aliphatic rings. The molecule has 2 aromatic rings. The van der Waals surface area contributed by atoms with Gasteiger partial charge in [-0.2, -0.15) is 5.26 Å². The van der Waals surface area contributed by atoms with Gasteiger partial charge in [-0.15, -0.1) is 0 Å². The molecule has 0 bridgehead atoms. The summed E-state index contributed by atoms with van der Waals surface area (Å²) < 4.78 is 6.01. The molecule has 2 heterocycles. The van der Waals surface area contributed by atoms with Crippen LogP contribution in [-0.4, -0.2) is 23.7 Å². The molecular weight excluding hydrogens is 274 g/mol. The highest BCUT2D eigenvalue weighted by Crippen LogP contribution is 2.39. The van der Waals surface area contributed by atoms with E-state index in [1.54, 1.807) is 6.07 Å². The van der Waals surface area contributed by atoms with Crippen molar-refractivity contribution in [3.8, 4) is 6.07 Å². The van der Waals surface area contributed by atoms with E-state index in [9.17, 15) is 0 Å². The van der Waals surface area contributed by atoms with Gasteiger partial charge in [-0.3, -0.25) is 0 Å². The van der Waals surface area contributed by atoms with Gasteiger partial charge in [-0.1, -0.05) is 36.4 Å². The van der Waals surface area contributed by atoms with Crippen LogP contribution in [0, 0.1) is 11.3 Å². The molecule has 1 aromatic heterocycles. The minimum absolute atomic E-state index is 0.0592. The van der Waals surface area contributed by atoms with Gasteiger partial charge in [0.05, 0.1) is 18.2 Å². The van der Waals surface area contributed by atoms with Gasteiger partial charge in [0, 0.05) is 6.54 Å². The van der Waals surface area contributed by atoms with E-state index >= 15 is 0 Å². The highest BCUT2D eigenvalue weighted by atomic mass is 16.5. The van der Waals surface area contributed by atoms with E-state index in [2.05, 4.69) is 41.9 Å². The number of morpholine rings is 1. The van der Waals surface area contributed by atoms with E-state index in [0.29, 0.717) is 12.3 Å². The SMILES string of the molecule is CC1(C)OCCN(c2cccc(C#N)n2)C1c1ccccc1. The van der Waals surface area contributed by atoms with Crippen LogP contribution >= 0.6 is 0 Å². The van der Waals surface area contributed by atoms with E-state index in [0.717, 1.165) is 12.4 Å². The van der Waals surface area contributed by atoms with Crippen molar-refractivity contribution in [1.82, 2.24) is 4.98 Å². The first-order valence-corrected chi connectivity index (χ1v) is 7.44. The lowest BCUT2D eigenvalue weighted by atomic mass is 9.88. The number of pyridine rings is 1. The molecule has 4 heteroatoms. The van der Waals surface area contributed by atoms with Gasteiger partial charge in [-0.05, 0) is 31.5 Å². The summed E-state index contributed by atoms with van der Waals surface area (Å²) >= 11 is 0. The molecule has 1 aromatic carbocycles. The second-order valence-electron chi connectivity index (χ2n) is 5.95. The van der Waals surface area contributed by atoms with Crippen molar-refractivity contribution in [3.05, 3.63) is 59.8 Å². The summed E-state index contributed by atoms with van der Waals surface area (Å²) in [7, 11) is 0. The van der Waals surface area contributed by atoms with Gasteiger partial charge in [-0.25, -0.2) is 4.98 Å². The van der Waals surface area contributed by atoms with Gasteiger partial charge in [0.1, 0.15) is 17.6 Å². The zero-order chi connectivity index (χ0) is 15.6. The Balaban J connectivity index is 2.05. The van der Waals surface area contributed by atoms with E-state index in [-0.39, 0.29) is 11.6 Å². The molecule has 0 radical (unpaired) electrons. The summed E-state index contributed by atoms with van der Waals surface area (Å²) in [6, 6.07) is 18.1. The van der Waals surface area contributed by atoms with Crippen molar-refractivity contribution in [1.29, 1.82) is 5.26 Å². The molecule has 4 nitrogen and oxygen atoms in total. The Labute approximate surface area is 131 Å². The van der Waals surface area contributed by atoms with Crippen molar-refractivity contribution in [2.24, 2.45) is 0 Å². The summed E-state index contributed by atoms with van der Waals surface area (Å²) in [5, 5.41) is 9.09. The highest BCUT2D eigenvalue weighted by molar-refractivity contribution is 5.46. The Hall–Kier alpha value is -2.38. The molecule has 3 rings (SSSR count). The van der Waals surface area contributed by atoms with Crippen LogP contribution in [0.5, 0.6) is 0 Å². The Morgan fingerprint density at radius 3 is 2.68 bits per heavy atom. The van der Waals surface area contributed by atoms with Gasteiger partial charge < -0.3 is 9.64 Å². The fourth-order valence-electron chi connectivity index (χ4n) is 3.10. The minimum atomic E-state index is -0.329. The van der Waals surface area contributed by atoms with Gasteiger partial charge >= 0.3 is 0 Å². The van der Waals surface area contributed by atoms with Crippen molar-refractivity contribution in [2.75, 3.05) is 18.1 Å². The molecule has 22 heavy (non-hydrogen) atoms. The number of aromatic nitrogens is 1. The second-order valence-corrected chi connectivity index (χ2v) is 5.95. The molecule has 1 atom stereocenters. The zero-order valence-corrected chi connectivity index (χ0v) is 12.9. The minimum Gasteiger partial charge on any atom is -0.371 e. The Kier molecular flexibility index (Phi) is 3.82. The summed E-state index contributed by atoms with van der Waals surface area (Å²) in [5.41, 5.74) is 1.30. The van der Waals surface area contributed by atoms with E-state index in [1.165, 1.54) is 5.56 Å². The Morgan fingerprint density at radius 1 is 1.18 bits per heavy atom. The number of ether oxygens (including phenoxy) is 1. The first-order chi connectivity index (χ1) is 10.6. The smallest absolute Gasteiger partial charge is 0.142 e. The maximum Gasteiger partial charge on any atom is 0.142 e. The number of nitrogens with zero attached hydrogens (tertiary/aromatic N) is 3. The maximum absolute atomic E-state index is 9.09.